The number of carbonyl (C=O) groups is 1. The summed E-state index contributed by atoms with van der Waals surface area (Å²) in [6, 6.07) is 17.4. The molecule has 0 radical (unpaired) electrons. The predicted molar refractivity (Wildman–Crippen MR) is 108 cm³/mol. The highest BCUT2D eigenvalue weighted by Gasteiger charge is 2.21. The number of nitrogens with zero attached hydrogens (tertiary/aromatic N) is 3. The molecule has 1 N–H and O–H groups in total. The van der Waals surface area contributed by atoms with Crippen LogP contribution in [0.15, 0.2) is 64.9 Å². The van der Waals surface area contributed by atoms with Gasteiger partial charge in [0.15, 0.2) is 10.3 Å². The molecule has 140 valence electrons. The van der Waals surface area contributed by atoms with Gasteiger partial charge in [-0.3, -0.25) is 0 Å². The van der Waals surface area contributed by atoms with E-state index in [2.05, 4.69) is 19.9 Å². The SMILES string of the molecule is CCOC(=O)c1c(C)nc(Sc2nc3ccccc3[nH]2)nc1-c1ccccc1. The van der Waals surface area contributed by atoms with E-state index in [4.69, 9.17) is 4.74 Å². The van der Waals surface area contributed by atoms with E-state index < -0.39 is 5.97 Å². The molecule has 2 aromatic heterocycles. The summed E-state index contributed by atoms with van der Waals surface area (Å²) in [6.07, 6.45) is 0. The first-order chi connectivity index (χ1) is 13.7. The van der Waals surface area contributed by atoms with Crippen molar-refractivity contribution < 1.29 is 9.53 Å². The quantitative estimate of drug-likeness (QED) is 0.394. The van der Waals surface area contributed by atoms with Crippen LogP contribution in [0.1, 0.15) is 23.0 Å². The van der Waals surface area contributed by atoms with Crippen molar-refractivity contribution in [2.75, 3.05) is 6.61 Å². The maximum absolute atomic E-state index is 12.5. The summed E-state index contributed by atoms with van der Waals surface area (Å²) in [4.78, 5) is 29.5. The maximum Gasteiger partial charge on any atom is 0.342 e. The summed E-state index contributed by atoms with van der Waals surface area (Å²) in [6.45, 7) is 3.87. The highest BCUT2D eigenvalue weighted by molar-refractivity contribution is 7.99. The third-order valence-electron chi connectivity index (χ3n) is 4.15. The number of aromatic nitrogens is 4. The van der Waals surface area contributed by atoms with E-state index in [1.165, 1.54) is 11.8 Å². The molecule has 4 rings (SSSR count). The van der Waals surface area contributed by atoms with Crippen molar-refractivity contribution in [3.8, 4) is 11.3 Å². The second-order valence-electron chi connectivity index (χ2n) is 6.06. The predicted octanol–water partition coefficient (Wildman–Crippen LogP) is 4.66. The Hall–Kier alpha value is -3.19. The topological polar surface area (TPSA) is 80.8 Å². The fourth-order valence-corrected chi connectivity index (χ4v) is 3.71. The lowest BCUT2D eigenvalue weighted by atomic mass is 10.0. The Morgan fingerprint density at radius 1 is 1.04 bits per heavy atom. The van der Waals surface area contributed by atoms with Crippen LogP contribution in [0.2, 0.25) is 0 Å². The molecule has 0 aliphatic rings. The van der Waals surface area contributed by atoms with Gasteiger partial charge in [0, 0.05) is 5.56 Å². The summed E-state index contributed by atoms with van der Waals surface area (Å²) < 4.78 is 5.22. The van der Waals surface area contributed by atoms with E-state index in [0.717, 1.165) is 16.6 Å². The van der Waals surface area contributed by atoms with Gasteiger partial charge in [0.05, 0.1) is 29.0 Å². The lowest BCUT2D eigenvalue weighted by Crippen LogP contribution is -2.12. The number of nitrogens with one attached hydrogen (secondary N) is 1. The minimum absolute atomic E-state index is 0.294. The number of benzene rings is 2. The molecule has 0 aliphatic carbocycles. The number of ether oxygens (including phenoxy) is 1. The highest BCUT2D eigenvalue weighted by Crippen LogP contribution is 2.30. The summed E-state index contributed by atoms with van der Waals surface area (Å²) in [7, 11) is 0. The van der Waals surface area contributed by atoms with Crippen LogP contribution in [0.25, 0.3) is 22.3 Å². The number of imidazole rings is 1. The second kappa shape index (κ2) is 7.82. The van der Waals surface area contributed by atoms with Crippen molar-refractivity contribution in [1.29, 1.82) is 0 Å². The summed E-state index contributed by atoms with van der Waals surface area (Å²) in [5.41, 5.74) is 4.20. The van der Waals surface area contributed by atoms with Gasteiger partial charge in [-0.05, 0) is 37.7 Å². The van der Waals surface area contributed by atoms with E-state index in [-0.39, 0.29) is 0 Å². The number of aryl methyl sites for hydroxylation is 1. The van der Waals surface area contributed by atoms with Crippen LogP contribution < -0.4 is 0 Å². The molecule has 0 unspecified atom stereocenters. The molecule has 0 bridgehead atoms. The maximum atomic E-state index is 12.5. The molecule has 0 amide bonds. The van der Waals surface area contributed by atoms with Crippen LogP contribution >= 0.6 is 11.8 Å². The largest absolute Gasteiger partial charge is 0.462 e. The van der Waals surface area contributed by atoms with Gasteiger partial charge in [-0.2, -0.15) is 0 Å². The van der Waals surface area contributed by atoms with E-state index >= 15 is 0 Å². The molecule has 0 saturated heterocycles. The number of carbonyl (C=O) groups excluding carboxylic acids is 1. The zero-order valence-electron chi connectivity index (χ0n) is 15.5. The number of esters is 1. The summed E-state index contributed by atoms with van der Waals surface area (Å²) >= 11 is 1.33. The van der Waals surface area contributed by atoms with Crippen LogP contribution in [0.4, 0.5) is 0 Å². The Morgan fingerprint density at radius 3 is 2.54 bits per heavy atom. The monoisotopic (exact) mass is 390 g/mol. The number of aromatic amines is 1. The second-order valence-corrected chi connectivity index (χ2v) is 7.02. The minimum Gasteiger partial charge on any atom is -0.462 e. The van der Waals surface area contributed by atoms with Gasteiger partial charge in [-0.15, -0.1) is 0 Å². The Balaban J connectivity index is 1.78. The zero-order valence-corrected chi connectivity index (χ0v) is 16.3. The fourth-order valence-electron chi connectivity index (χ4n) is 2.91. The van der Waals surface area contributed by atoms with Crippen LogP contribution in [0, 0.1) is 6.92 Å². The number of para-hydroxylation sites is 2. The molecule has 28 heavy (non-hydrogen) atoms. The number of hydrogen-bond donors (Lipinski definition) is 1. The standard InChI is InChI=1S/C21H18N4O2S/c1-3-27-19(26)17-13(2)22-20(25-18(17)14-9-5-4-6-10-14)28-21-23-15-11-7-8-12-16(15)24-21/h4-12H,3H2,1-2H3,(H,23,24). The van der Waals surface area contributed by atoms with E-state index in [9.17, 15) is 4.79 Å². The Bertz CT molecular complexity index is 1110. The first-order valence-electron chi connectivity index (χ1n) is 8.89. The average Bonchev–Trinajstić information content (AvgIpc) is 3.10. The minimum atomic E-state index is -0.417. The van der Waals surface area contributed by atoms with Gasteiger partial charge >= 0.3 is 5.97 Å². The number of fused-ring (bicyclic) bond motifs is 1. The van der Waals surface area contributed by atoms with Crippen LogP contribution in [-0.4, -0.2) is 32.5 Å². The van der Waals surface area contributed by atoms with E-state index in [1.807, 2.05) is 54.6 Å². The van der Waals surface area contributed by atoms with Crippen LogP contribution in [0.3, 0.4) is 0 Å². The summed E-state index contributed by atoms with van der Waals surface area (Å²) in [5.74, 6) is -0.417. The van der Waals surface area contributed by atoms with Gasteiger partial charge in [-0.1, -0.05) is 42.5 Å². The molecule has 2 heterocycles. The van der Waals surface area contributed by atoms with Crippen molar-refractivity contribution in [2.45, 2.75) is 24.2 Å². The normalized spacial score (nSPS) is 10.9. The van der Waals surface area contributed by atoms with Crippen molar-refractivity contribution in [3.05, 3.63) is 65.9 Å². The third-order valence-corrected chi connectivity index (χ3v) is 4.90. The average molecular weight is 390 g/mol. The lowest BCUT2D eigenvalue weighted by molar-refractivity contribution is 0.0525. The van der Waals surface area contributed by atoms with Gasteiger partial charge in [0.1, 0.15) is 5.56 Å². The molecule has 0 aliphatic heterocycles. The van der Waals surface area contributed by atoms with Gasteiger partial charge in [0.2, 0.25) is 0 Å². The first-order valence-corrected chi connectivity index (χ1v) is 9.71. The molecular weight excluding hydrogens is 372 g/mol. The van der Waals surface area contributed by atoms with Crippen molar-refractivity contribution in [3.63, 3.8) is 0 Å². The Morgan fingerprint density at radius 2 is 1.79 bits per heavy atom. The zero-order chi connectivity index (χ0) is 19.5. The molecule has 0 spiro atoms. The smallest absolute Gasteiger partial charge is 0.342 e. The molecule has 7 heteroatoms. The van der Waals surface area contributed by atoms with Gasteiger partial charge in [-0.25, -0.2) is 19.7 Å². The van der Waals surface area contributed by atoms with Crippen molar-refractivity contribution in [2.24, 2.45) is 0 Å². The number of hydrogen-bond acceptors (Lipinski definition) is 6. The van der Waals surface area contributed by atoms with Crippen molar-refractivity contribution in [1.82, 2.24) is 19.9 Å². The van der Waals surface area contributed by atoms with Crippen LogP contribution in [0.5, 0.6) is 0 Å². The molecule has 6 nitrogen and oxygen atoms in total. The van der Waals surface area contributed by atoms with Crippen LogP contribution in [-0.2, 0) is 4.74 Å². The van der Waals surface area contributed by atoms with E-state index in [0.29, 0.717) is 33.9 Å². The number of rotatable bonds is 5. The Labute approximate surface area is 166 Å². The highest BCUT2D eigenvalue weighted by atomic mass is 32.2. The molecule has 0 fully saturated rings. The first kappa shape index (κ1) is 18.2. The fraction of sp³-hybridized carbons (Fsp3) is 0.143. The summed E-state index contributed by atoms with van der Waals surface area (Å²) in [5, 5.41) is 1.21. The molecule has 2 aromatic carbocycles. The number of H-pyrrole nitrogens is 1. The van der Waals surface area contributed by atoms with Gasteiger partial charge < -0.3 is 9.72 Å². The van der Waals surface area contributed by atoms with E-state index in [1.54, 1.807) is 13.8 Å². The molecule has 4 aromatic rings. The Kier molecular flexibility index (Phi) is 5.08. The molecular formula is C21H18N4O2S. The van der Waals surface area contributed by atoms with Crippen molar-refractivity contribution >= 4 is 28.8 Å². The third kappa shape index (κ3) is 3.61. The molecule has 0 atom stereocenters. The lowest BCUT2D eigenvalue weighted by Gasteiger charge is -2.12. The van der Waals surface area contributed by atoms with Gasteiger partial charge in [0.25, 0.3) is 0 Å². The molecule has 0 saturated carbocycles.